The highest BCUT2D eigenvalue weighted by atomic mass is 79.9. The second-order valence-electron chi connectivity index (χ2n) is 6.73. The number of nitrogens with zero attached hydrogens (tertiary/aromatic N) is 1. The van der Waals surface area contributed by atoms with Gasteiger partial charge in [-0.3, -0.25) is 0 Å². The third-order valence-electron chi connectivity index (χ3n) is 3.97. The van der Waals surface area contributed by atoms with Crippen LogP contribution in [0, 0.1) is 0 Å². The molecule has 0 unspecified atom stereocenters. The first-order chi connectivity index (χ1) is 10.1. The Balaban J connectivity index is 0. The fraction of sp³-hybridized carbons (Fsp3) is 1.00. The molecule has 136 valence electrons. The zero-order valence-electron chi connectivity index (χ0n) is 15.5. The van der Waals surface area contributed by atoms with E-state index in [0.717, 1.165) is 44.0 Å². The summed E-state index contributed by atoms with van der Waals surface area (Å²) in [5.41, 5.74) is 0. The summed E-state index contributed by atoms with van der Waals surface area (Å²) in [5.74, 6) is 0. The Morgan fingerprint density at radius 3 is 1.36 bits per heavy atom. The van der Waals surface area contributed by atoms with Crippen molar-refractivity contribution in [2.24, 2.45) is 0 Å². The zero-order valence-corrected chi connectivity index (χ0v) is 17.1. The quantitative estimate of drug-likeness (QED) is 0.296. The standard InChI is InChI=1S/C18H40NO2.BrH/c1-5-7-9-11-15-20-17-13-19(3,4)14-18-21-16-12-10-8-6-2;/h5-18H2,1-4H3;1H/q+1;/p-1. The summed E-state index contributed by atoms with van der Waals surface area (Å²) in [5, 5.41) is 0. The lowest BCUT2D eigenvalue weighted by Gasteiger charge is -2.29. The predicted octanol–water partition coefficient (Wildman–Crippen LogP) is 1.26. The van der Waals surface area contributed by atoms with Crippen molar-refractivity contribution in [2.45, 2.75) is 65.2 Å². The molecule has 0 saturated heterocycles. The van der Waals surface area contributed by atoms with Crippen molar-refractivity contribution in [1.29, 1.82) is 0 Å². The Morgan fingerprint density at radius 2 is 1.00 bits per heavy atom. The van der Waals surface area contributed by atoms with E-state index in [9.17, 15) is 0 Å². The van der Waals surface area contributed by atoms with Crippen LogP contribution in [-0.2, 0) is 9.47 Å². The number of hydrogen-bond acceptors (Lipinski definition) is 2. The molecule has 0 bridgehead atoms. The van der Waals surface area contributed by atoms with Gasteiger partial charge in [0.05, 0.1) is 27.3 Å². The Hall–Kier alpha value is 0.360. The highest BCUT2D eigenvalue weighted by Crippen LogP contribution is 2.02. The predicted molar refractivity (Wildman–Crippen MR) is 91.8 cm³/mol. The van der Waals surface area contributed by atoms with Crippen LogP contribution in [-0.4, -0.2) is 58.1 Å². The van der Waals surface area contributed by atoms with Crippen molar-refractivity contribution in [1.82, 2.24) is 0 Å². The summed E-state index contributed by atoms with van der Waals surface area (Å²) < 4.78 is 12.5. The molecule has 0 aromatic heterocycles. The van der Waals surface area contributed by atoms with Crippen LogP contribution in [0.4, 0.5) is 0 Å². The molecule has 3 nitrogen and oxygen atoms in total. The lowest BCUT2D eigenvalue weighted by molar-refractivity contribution is -0.891. The Labute approximate surface area is 150 Å². The highest BCUT2D eigenvalue weighted by molar-refractivity contribution is 4.42. The second-order valence-corrected chi connectivity index (χ2v) is 6.73. The van der Waals surface area contributed by atoms with Gasteiger partial charge in [0, 0.05) is 13.2 Å². The monoisotopic (exact) mass is 381 g/mol. The first kappa shape index (κ1) is 24.6. The van der Waals surface area contributed by atoms with Gasteiger partial charge in [-0.25, -0.2) is 0 Å². The minimum Gasteiger partial charge on any atom is -1.00 e. The van der Waals surface area contributed by atoms with Gasteiger partial charge < -0.3 is 30.9 Å². The van der Waals surface area contributed by atoms with Gasteiger partial charge in [0.15, 0.2) is 0 Å². The summed E-state index contributed by atoms with van der Waals surface area (Å²) in [6.45, 7) is 10.2. The van der Waals surface area contributed by atoms with Crippen molar-refractivity contribution in [3.63, 3.8) is 0 Å². The Kier molecular flexibility index (Phi) is 19.8. The lowest BCUT2D eigenvalue weighted by atomic mass is 10.2. The zero-order chi connectivity index (χ0) is 15.8. The summed E-state index contributed by atoms with van der Waals surface area (Å²) in [4.78, 5) is 0. The number of unbranched alkanes of at least 4 members (excludes halogenated alkanes) is 6. The highest BCUT2D eigenvalue weighted by Gasteiger charge is 2.14. The van der Waals surface area contributed by atoms with E-state index >= 15 is 0 Å². The van der Waals surface area contributed by atoms with Crippen LogP contribution < -0.4 is 17.0 Å². The first-order valence-electron chi connectivity index (χ1n) is 9.10. The second kappa shape index (κ2) is 17.7. The molecule has 0 aliphatic heterocycles. The molecule has 0 atom stereocenters. The molecule has 0 heterocycles. The van der Waals surface area contributed by atoms with Crippen LogP contribution in [0.25, 0.3) is 0 Å². The Bertz CT molecular complexity index is 193. The maximum absolute atomic E-state index is 5.73. The van der Waals surface area contributed by atoms with E-state index in [0.29, 0.717) is 0 Å². The third-order valence-corrected chi connectivity index (χ3v) is 3.97. The molecule has 0 aromatic rings. The van der Waals surface area contributed by atoms with Crippen molar-refractivity contribution < 1.29 is 30.9 Å². The first-order valence-corrected chi connectivity index (χ1v) is 9.10. The van der Waals surface area contributed by atoms with Gasteiger partial charge in [-0.15, -0.1) is 0 Å². The molecule has 22 heavy (non-hydrogen) atoms. The minimum atomic E-state index is 0. The molecule has 0 spiro atoms. The van der Waals surface area contributed by atoms with Gasteiger partial charge in [0.2, 0.25) is 0 Å². The summed E-state index contributed by atoms with van der Waals surface area (Å²) in [6, 6.07) is 0. The maximum Gasteiger partial charge on any atom is 0.102 e. The number of quaternary nitrogens is 1. The summed E-state index contributed by atoms with van der Waals surface area (Å²) >= 11 is 0. The SMILES string of the molecule is CCCCCCOCC[N+](C)(C)CCOCCCCCC.[Br-]. The fourth-order valence-electron chi connectivity index (χ4n) is 2.20. The molecule has 0 saturated carbocycles. The molecule has 0 aromatic carbocycles. The largest absolute Gasteiger partial charge is 1.00 e. The molecular weight excluding hydrogens is 342 g/mol. The molecule has 0 rings (SSSR count). The topological polar surface area (TPSA) is 18.5 Å². The smallest absolute Gasteiger partial charge is 0.102 e. The van der Waals surface area contributed by atoms with Crippen molar-refractivity contribution in [3.8, 4) is 0 Å². The van der Waals surface area contributed by atoms with E-state index in [1.807, 2.05) is 0 Å². The van der Waals surface area contributed by atoms with Gasteiger partial charge in [0.25, 0.3) is 0 Å². The average Bonchev–Trinajstić information content (AvgIpc) is 2.45. The molecular formula is C18H40BrNO2. The normalized spacial score (nSPS) is 11.5. The van der Waals surface area contributed by atoms with Crippen molar-refractivity contribution in [2.75, 3.05) is 53.6 Å². The van der Waals surface area contributed by atoms with Crippen molar-refractivity contribution in [3.05, 3.63) is 0 Å². The van der Waals surface area contributed by atoms with Crippen LogP contribution in [0.2, 0.25) is 0 Å². The number of halogens is 1. The van der Waals surface area contributed by atoms with Gasteiger partial charge in [-0.1, -0.05) is 52.4 Å². The van der Waals surface area contributed by atoms with E-state index < -0.39 is 0 Å². The van der Waals surface area contributed by atoms with Crippen LogP contribution in [0.1, 0.15) is 65.2 Å². The Morgan fingerprint density at radius 1 is 0.591 bits per heavy atom. The van der Waals surface area contributed by atoms with E-state index in [2.05, 4.69) is 27.9 Å². The van der Waals surface area contributed by atoms with E-state index in [1.54, 1.807) is 0 Å². The van der Waals surface area contributed by atoms with Gasteiger partial charge in [-0.05, 0) is 12.8 Å². The van der Waals surface area contributed by atoms with Crippen LogP contribution in [0.15, 0.2) is 0 Å². The van der Waals surface area contributed by atoms with E-state index in [4.69, 9.17) is 9.47 Å². The van der Waals surface area contributed by atoms with Crippen LogP contribution in [0.3, 0.4) is 0 Å². The number of ether oxygens (including phenoxy) is 2. The molecule has 0 radical (unpaired) electrons. The van der Waals surface area contributed by atoms with Crippen LogP contribution in [0.5, 0.6) is 0 Å². The van der Waals surface area contributed by atoms with Gasteiger partial charge >= 0.3 is 0 Å². The summed E-state index contributed by atoms with van der Waals surface area (Å²) in [7, 11) is 4.53. The molecule has 0 amide bonds. The maximum atomic E-state index is 5.73. The van der Waals surface area contributed by atoms with E-state index in [1.165, 1.54) is 51.4 Å². The fourth-order valence-corrected chi connectivity index (χ4v) is 2.20. The van der Waals surface area contributed by atoms with E-state index in [-0.39, 0.29) is 17.0 Å². The van der Waals surface area contributed by atoms with Crippen LogP contribution >= 0.6 is 0 Å². The minimum absolute atomic E-state index is 0. The third kappa shape index (κ3) is 18.4. The molecule has 4 heteroatoms. The number of likely N-dealkylation sites (N-methyl/N-ethyl adjacent to an activating group) is 1. The van der Waals surface area contributed by atoms with Gasteiger partial charge in [0.1, 0.15) is 13.1 Å². The number of rotatable bonds is 16. The molecule has 0 aliphatic carbocycles. The lowest BCUT2D eigenvalue weighted by Crippen LogP contribution is -3.00. The van der Waals surface area contributed by atoms with Gasteiger partial charge in [-0.2, -0.15) is 0 Å². The average molecular weight is 382 g/mol. The van der Waals surface area contributed by atoms with Crippen molar-refractivity contribution >= 4 is 0 Å². The molecule has 0 aliphatic rings. The number of hydrogen-bond donors (Lipinski definition) is 0. The molecule has 0 fully saturated rings. The molecule has 0 N–H and O–H groups in total. The summed E-state index contributed by atoms with van der Waals surface area (Å²) in [6.07, 6.45) is 10.3.